The fraction of sp³-hybridized carbons (Fsp3) is 0.214. The van der Waals surface area contributed by atoms with Gasteiger partial charge >= 0.3 is 0 Å². The molecule has 1 aromatic carbocycles. The average Bonchev–Trinajstić information content (AvgIpc) is 2.53. The van der Waals surface area contributed by atoms with Crippen LogP contribution >= 0.6 is 0 Å². The van der Waals surface area contributed by atoms with Gasteiger partial charge in [-0.2, -0.15) is 0 Å². The maximum Gasteiger partial charge on any atom is 0.190 e. The van der Waals surface area contributed by atoms with Crippen LogP contribution in [0.5, 0.6) is 0 Å². The van der Waals surface area contributed by atoms with Crippen molar-refractivity contribution in [3.8, 4) is 0 Å². The Morgan fingerprint density at radius 2 is 2.05 bits per heavy atom. The lowest BCUT2D eigenvalue weighted by Gasteiger charge is -2.29. The van der Waals surface area contributed by atoms with Gasteiger partial charge in [-0.1, -0.05) is 29.4 Å². The first-order chi connectivity index (χ1) is 9.78. The third-order valence-corrected chi connectivity index (χ3v) is 3.45. The van der Waals surface area contributed by atoms with Crippen molar-refractivity contribution in [1.29, 1.82) is 0 Å². The molecule has 20 heavy (non-hydrogen) atoms. The predicted octanol–water partition coefficient (Wildman–Crippen LogP) is 1.13. The fourth-order valence-corrected chi connectivity index (χ4v) is 2.37. The van der Waals surface area contributed by atoms with Gasteiger partial charge < -0.3 is 15.8 Å². The summed E-state index contributed by atoms with van der Waals surface area (Å²) in [5, 5.41) is 11.7. The first-order valence-corrected chi connectivity index (χ1v) is 6.39. The third-order valence-electron chi connectivity index (χ3n) is 3.45. The molecule has 0 aliphatic carbocycles. The number of rotatable bonds is 2. The van der Waals surface area contributed by atoms with Crippen molar-refractivity contribution in [3.05, 3.63) is 53.5 Å². The lowest BCUT2D eigenvalue weighted by molar-refractivity contribution is 0.318. The maximum atomic E-state index is 8.70. The van der Waals surface area contributed by atoms with Crippen molar-refractivity contribution in [2.75, 3.05) is 11.4 Å². The molecule has 0 saturated carbocycles. The maximum absolute atomic E-state index is 8.70. The summed E-state index contributed by atoms with van der Waals surface area (Å²) in [6.07, 6.45) is 4.16. The van der Waals surface area contributed by atoms with E-state index in [-0.39, 0.29) is 5.84 Å². The van der Waals surface area contributed by atoms with Crippen LogP contribution in [-0.4, -0.2) is 27.6 Å². The quantitative estimate of drug-likeness (QED) is 0.369. The van der Waals surface area contributed by atoms with E-state index < -0.39 is 0 Å². The molecule has 1 aliphatic rings. The minimum Gasteiger partial charge on any atom is -0.409 e. The van der Waals surface area contributed by atoms with E-state index in [9.17, 15) is 0 Å². The zero-order chi connectivity index (χ0) is 13.9. The normalized spacial score (nSPS) is 15.0. The molecule has 3 rings (SSSR count). The lowest BCUT2D eigenvalue weighted by Crippen LogP contribution is -2.31. The van der Waals surface area contributed by atoms with Gasteiger partial charge in [0.25, 0.3) is 0 Å². The Balaban J connectivity index is 1.88. The fourth-order valence-electron chi connectivity index (χ4n) is 2.37. The van der Waals surface area contributed by atoms with Crippen molar-refractivity contribution >= 4 is 11.7 Å². The molecule has 0 saturated heterocycles. The van der Waals surface area contributed by atoms with E-state index in [0.29, 0.717) is 5.69 Å². The number of fused-ring (bicyclic) bond motifs is 1. The summed E-state index contributed by atoms with van der Waals surface area (Å²) in [6.45, 7) is 1.68. The summed E-state index contributed by atoms with van der Waals surface area (Å²) in [5.41, 5.74) is 8.61. The Kier molecular flexibility index (Phi) is 3.20. The van der Waals surface area contributed by atoms with E-state index in [1.807, 2.05) is 6.07 Å². The molecule has 0 amide bonds. The smallest absolute Gasteiger partial charge is 0.190 e. The van der Waals surface area contributed by atoms with E-state index in [1.165, 1.54) is 17.3 Å². The number of hydrogen-bond donors (Lipinski definition) is 2. The van der Waals surface area contributed by atoms with E-state index in [1.54, 1.807) is 6.20 Å². The van der Waals surface area contributed by atoms with Crippen molar-refractivity contribution in [1.82, 2.24) is 9.97 Å². The summed E-state index contributed by atoms with van der Waals surface area (Å²) in [7, 11) is 0. The molecule has 6 nitrogen and oxygen atoms in total. The molecular formula is C14H15N5O. The monoisotopic (exact) mass is 269 g/mol. The van der Waals surface area contributed by atoms with E-state index in [2.05, 4.69) is 38.2 Å². The highest BCUT2D eigenvalue weighted by Crippen LogP contribution is 2.22. The second kappa shape index (κ2) is 5.16. The van der Waals surface area contributed by atoms with Crippen LogP contribution in [0.1, 0.15) is 16.8 Å². The van der Waals surface area contributed by atoms with Crippen LogP contribution in [0.4, 0.5) is 5.82 Å². The molecule has 102 valence electrons. The topological polar surface area (TPSA) is 87.6 Å². The van der Waals surface area contributed by atoms with Gasteiger partial charge in [-0.15, -0.1) is 0 Å². The number of nitrogens with zero attached hydrogens (tertiary/aromatic N) is 4. The summed E-state index contributed by atoms with van der Waals surface area (Å²) >= 11 is 0. The molecule has 0 radical (unpaired) electrons. The van der Waals surface area contributed by atoms with Crippen molar-refractivity contribution < 1.29 is 5.21 Å². The zero-order valence-corrected chi connectivity index (χ0v) is 10.9. The molecule has 1 aliphatic heterocycles. The van der Waals surface area contributed by atoms with E-state index in [4.69, 9.17) is 10.9 Å². The van der Waals surface area contributed by atoms with Crippen LogP contribution in [0.15, 0.2) is 41.8 Å². The first-order valence-electron chi connectivity index (χ1n) is 6.39. The second-order valence-corrected chi connectivity index (χ2v) is 4.69. The van der Waals surface area contributed by atoms with E-state index in [0.717, 1.165) is 25.3 Å². The van der Waals surface area contributed by atoms with Crippen LogP contribution < -0.4 is 10.6 Å². The largest absolute Gasteiger partial charge is 0.409 e. The summed E-state index contributed by atoms with van der Waals surface area (Å²) < 4.78 is 0. The molecule has 0 spiro atoms. The van der Waals surface area contributed by atoms with Gasteiger partial charge in [-0.25, -0.2) is 4.98 Å². The van der Waals surface area contributed by atoms with Gasteiger partial charge in [-0.05, 0) is 17.5 Å². The van der Waals surface area contributed by atoms with Crippen LogP contribution in [0.2, 0.25) is 0 Å². The van der Waals surface area contributed by atoms with Crippen molar-refractivity contribution in [3.63, 3.8) is 0 Å². The van der Waals surface area contributed by atoms with Crippen LogP contribution in [0, 0.1) is 0 Å². The molecule has 2 heterocycles. The number of oxime groups is 1. The molecule has 6 heteroatoms. The Bertz CT molecular complexity index is 656. The Hall–Kier alpha value is -2.63. The van der Waals surface area contributed by atoms with Gasteiger partial charge in [-0.3, -0.25) is 4.98 Å². The highest BCUT2D eigenvalue weighted by atomic mass is 16.4. The zero-order valence-electron chi connectivity index (χ0n) is 10.9. The Labute approximate surface area is 116 Å². The van der Waals surface area contributed by atoms with Gasteiger partial charge in [0.15, 0.2) is 5.84 Å². The van der Waals surface area contributed by atoms with Crippen molar-refractivity contribution in [2.45, 2.75) is 13.0 Å². The molecule has 0 bridgehead atoms. The van der Waals surface area contributed by atoms with Crippen LogP contribution in [0.3, 0.4) is 0 Å². The third kappa shape index (κ3) is 2.27. The Morgan fingerprint density at radius 3 is 2.85 bits per heavy atom. The van der Waals surface area contributed by atoms with Gasteiger partial charge in [0.1, 0.15) is 11.5 Å². The molecule has 0 fully saturated rings. The summed E-state index contributed by atoms with van der Waals surface area (Å²) in [4.78, 5) is 10.6. The van der Waals surface area contributed by atoms with Gasteiger partial charge in [0.05, 0.1) is 12.4 Å². The van der Waals surface area contributed by atoms with Gasteiger partial charge in [0, 0.05) is 13.1 Å². The van der Waals surface area contributed by atoms with Gasteiger partial charge in [0.2, 0.25) is 0 Å². The highest BCUT2D eigenvalue weighted by Gasteiger charge is 2.17. The molecule has 1 aromatic heterocycles. The average molecular weight is 269 g/mol. The number of aromatic nitrogens is 2. The molecule has 0 atom stereocenters. The number of hydrogen-bond acceptors (Lipinski definition) is 5. The summed E-state index contributed by atoms with van der Waals surface area (Å²) in [5.74, 6) is 0.709. The van der Waals surface area contributed by atoms with Crippen LogP contribution in [-0.2, 0) is 13.0 Å². The lowest BCUT2D eigenvalue weighted by atomic mass is 10.00. The molecule has 0 unspecified atom stereocenters. The first kappa shape index (κ1) is 12.4. The molecule has 2 aromatic rings. The number of nitrogens with two attached hydrogens (primary N) is 1. The molecular weight excluding hydrogens is 254 g/mol. The number of anilines is 1. The van der Waals surface area contributed by atoms with Crippen molar-refractivity contribution in [2.24, 2.45) is 10.9 Å². The highest BCUT2D eigenvalue weighted by molar-refractivity contribution is 5.95. The summed E-state index contributed by atoms with van der Waals surface area (Å²) in [6, 6.07) is 8.39. The number of benzene rings is 1. The SMILES string of the molecule is N/C(=N/O)c1cncc(N2CCc3ccccc3C2)n1. The minimum atomic E-state index is -0.0308. The van der Waals surface area contributed by atoms with Crippen LogP contribution in [0.25, 0.3) is 0 Å². The second-order valence-electron chi connectivity index (χ2n) is 4.69. The minimum absolute atomic E-state index is 0.0308. The Morgan fingerprint density at radius 1 is 1.25 bits per heavy atom. The molecule has 3 N–H and O–H groups in total. The standard InChI is InChI=1S/C14H15N5O/c15-14(18-20)12-7-16-8-13(17-12)19-6-5-10-3-1-2-4-11(10)9-19/h1-4,7-8,20H,5-6,9H2,(H2,15,18). The number of amidine groups is 1. The predicted molar refractivity (Wildman–Crippen MR) is 75.7 cm³/mol. The van der Waals surface area contributed by atoms with E-state index >= 15 is 0 Å².